The first-order chi connectivity index (χ1) is 10.5. The molecule has 2 aromatic rings. The summed E-state index contributed by atoms with van der Waals surface area (Å²) in [5.41, 5.74) is 2.62. The van der Waals surface area contributed by atoms with Crippen LogP contribution >= 0.6 is 0 Å². The first-order valence-electron chi connectivity index (χ1n) is 7.87. The summed E-state index contributed by atoms with van der Waals surface area (Å²) in [5, 5.41) is 1.02. The summed E-state index contributed by atoms with van der Waals surface area (Å²) in [6.45, 7) is 4.75. The average Bonchev–Trinajstić information content (AvgIpc) is 2.51. The first-order valence-corrected chi connectivity index (χ1v) is 7.87. The molecule has 0 atom stereocenters. The van der Waals surface area contributed by atoms with Crippen molar-refractivity contribution in [3.05, 3.63) is 45.7 Å². The number of hydrogen-bond donors (Lipinski definition) is 1. The number of aromatic nitrogens is 1. The van der Waals surface area contributed by atoms with Crippen molar-refractivity contribution in [2.24, 2.45) is 0 Å². The molecule has 1 aromatic carbocycles. The summed E-state index contributed by atoms with van der Waals surface area (Å²) in [4.78, 5) is 28.3. The molecule has 0 aliphatic carbocycles. The summed E-state index contributed by atoms with van der Waals surface area (Å²) in [7, 11) is 1.87. The summed E-state index contributed by atoms with van der Waals surface area (Å²) in [5.74, 6) is 0.186. The first kappa shape index (κ1) is 16.3. The van der Waals surface area contributed by atoms with Crippen LogP contribution in [-0.4, -0.2) is 29.4 Å². The Morgan fingerprint density at radius 1 is 1.27 bits per heavy atom. The monoisotopic (exact) mass is 300 g/mol. The Bertz CT molecular complexity index is 719. The van der Waals surface area contributed by atoms with Gasteiger partial charge in [0.2, 0.25) is 5.91 Å². The predicted molar refractivity (Wildman–Crippen MR) is 90.2 cm³/mol. The second kappa shape index (κ2) is 7.25. The number of nitrogens with one attached hydrogen (secondary N) is 1. The van der Waals surface area contributed by atoms with Crippen LogP contribution < -0.4 is 5.56 Å². The van der Waals surface area contributed by atoms with Gasteiger partial charge >= 0.3 is 0 Å². The van der Waals surface area contributed by atoms with E-state index in [0.29, 0.717) is 12.0 Å². The van der Waals surface area contributed by atoms with Gasteiger partial charge < -0.3 is 9.88 Å². The molecule has 0 bridgehead atoms. The lowest BCUT2D eigenvalue weighted by Gasteiger charge is -2.16. The zero-order valence-electron chi connectivity index (χ0n) is 13.6. The van der Waals surface area contributed by atoms with Crippen LogP contribution in [0, 0.1) is 6.92 Å². The number of fused-ring (bicyclic) bond motifs is 1. The molecule has 4 nitrogen and oxygen atoms in total. The van der Waals surface area contributed by atoms with Crippen LogP contribution in [0.3, 0.4) is 0 Å². The van der Waals surface area contributed by atoms with Gasteiger partial charge in [-0.1, -0.05) is 19.4 Å². The number of aromatic amines is 1. The number of H-pyrrole nitrogens is 1. The third kappa shape index (κ3) is 3.97. The number of benzene rings is 1. The molecule has 2 rings (SSSR count). The standard InChI is InChI=1S/C18H24N2O2/c1-4-5-10-20(3)17(21)9-7-14-6-8-16-15(12-14)11-13(2)18(22)19-16/h6,8,11-12H,4-5,7,9-10H2,1-3H3,(H,19,22). The van der Waals surface area contributed by atoms with Crippen LogP contribution in [0.5, 0.6) is 0 Å². The summed E-state index contributed by atoms with van der Waals surface area (Å²) in [6, 6.07) is 7.84. The Hall–Kier alpha value is -2.10. The minimum absolute atomic E-state index is 0.0482. The fraction of sp³-hybridized carbons (Fsp3) is 0.444. The number of rotatable bonds is 6. The number of hydrogen-bond acceptors (Lipinski definition) is 2. The highest BCUT2D eigenvalue weighted by atomic mass is 16.2. The lowest BCUT2D eigenvalue weighted by molar-refractivity contribution is -0.129. The van der Waals surface area contributed by atoms with Gasteiger partial charge in [-0.3, -0.25) is 9.59 Å². The van der Waals surface area contributed by atoms with Crippen molar-refractivity contribution in [2.45, 2.75) is 39.5 Å². The van der Waals surface area contributed by atoms with E-state index in [1.807, 2.05) is 30.1 Å². The van der Waals surface area contributed by atoms with Gasteiger partial charge in [-0.05, 0) is 48.9 Å². The molecular weight excluding hydrogens is 276 g/mol. The quantitative estimate of drug-likeness (QED) is 0.891. The second-order valence-corrected chi connectivity index (χ2v) is 5.87. The average molecular weight is 300 g/mol. The number of nitrogens with zero attached hydrogens (tertiary/aromatic N) is 1. The number of aryl methyl sites for hydroxylation is 2. The van der Waals surface area contributed by atoms with E-state index in [-0.39, 0.29) is 11.5 Å². The summed E-state index contributed by atoms with van der Waals surface area (Å²) in [6.07, 6.45) is 3.39. The van der Waals surface area contributed by atoms with Crippen LogP contribution in [-0.2, 0) is 11.2 Å². The van der Waals surface area contributed by atoms with Crippen LogP contribution in [0.1, 0.15) is 37.3 Å². The zero-order valence-corrected chi connectivity index (χ0v) is 13.6. The molecule has 1 heterocycles. The Morgan fingerprint density at radius 3 is 2.77 bits per heavy atom. The third-order valence-corrected chi connectivity index (χ3v) is 3.99. The normalized spacial score (nSPS) is 10.9. The van der Waals surface area contributed by atoms with Crippen LogP contribution in [0.15, 0.2) is 29.1 Å². The predicted octanol–water partition coefficient (Wildman–Crippen LogP) is 3.03. The molecule has 118 valence electrons. The fourth-order valence-corrected chi connectivity index (χ4v) is 2.48. The van der Waals surface area contributed by atoms with Crippen molar-refractivity contribution >= 4 is 16.8 Å². The maximum atomic E-state index is 12.1. The van der Waals surface area contributed by atoms with E-state index in [9.17, 15) is 9.59 Å². The molecule has 22 heavy (non-hydrogen) atoms. The molecule has 1 N–H and O–H groups in total. The molecule has 4 heteroatoms. The zero-order chi connectivity index (χ0) is 16.1. The van der Waals surface area contributed by atoms with E-state index in [2.05, 4.69) is 18.0 Å². The van der Waals surface area contributed by atoms with Crippen molar-refractivity contribution in [3.8, 4) is 0 Å². The van der Waals surface area contributed by atoms with Gasteiger partial charge in [0.15, 0.2) is 0 Å². The molecule has 0 saturated carbocycles. The second-order valence-electron chi connectivity index (χ2n) is 5.87. The Labute approximate surface area is 131 Å². The van der Waals surface area contributed by atoms with Crippen molar-refractivity contribution in [3.63, 3.8) is 0 Å². The Kier molecular flexibility index (Phi) is 5.36. The molecule has 0 saturated heterocycles. The number of carbonyl (C=O) groups is 1. The van der Waals surface area contributed by atoms with Crippen LogP contribution in [0.4, 0.5) is 0 Å². The number of pyridine rings is 1. The molecule has 0 aliphatic rings. The Balaban J connectivity index is 2.04. The summed E-state index contributed by atoms with van der Waals surface area (Å²) < 4.78 is 0. The molecule has 0 fully saturated rings. The van der Waals surface area contributed by atoms with Gasteiger partial charge in [-0.2, -0.15) is 0 Å². The molecule has 1 aromatic heterocycles. The fourth-order valence-electron chi connectivity index (χ4n) is 2.48. The van der Waals surface area contributed by atoms with Crippen LogP contribution in [0.25, 0.3) is 10.9 Å². The van der Waals surface area contributed by atoms with Crippen LogP contribution in [0.2, 0.25) is 0 Å². The topological polar surface area (TPSA) is 53.2 Å². The van der Waals surface area contributed by atoms with E-state index in [0.717, 1.165) is 42.3 Å². The number of amides is 1. The van der Waals surface area contributed by atoms with E-state index in [1.54, 1.807) is 6.92 Å². The van der Waals surface area contributed by atoms with Gasteiger partial charge in [-0.15, -0.1) is 0 Å². The molecule has 0 radical (unpaired) electrons. The smallest absolute Gasteiger partial charge is 0.251 e. The maximum Gasteiger partial charge on any atom is 0.251 e. The summed E-state index contributed by atoms with van der Waals surface area (Å²) >= 11 is 0. The van der Waals surface area contributed by atoms with Crippen molar-refractivity contribution < 1.29 is 4.79 Å². The lowest BCUT2D eigenvalue weighted by Crippen LogP contribution is -2.27. The number of unbranched alkanes of at least 4 members (excludes halogenated alkanes) is 1. The Morgan fingerprint density at radius 2 is 2.05 bits per heavy atom. The van der Waals surface area contributed by atoms with Gasteiger partial charge in [0, 0.05) is 31.1 Å². The lowest BCUT2D eigenvalue weighted by atomic mass is 10.1. The molecule has 0 aliphatic heterocycles. The number of carbonyl (C=O) groups excluding carboxylic acids is 1. The van der Waals surface area contributed by atoms with Gasteiger partial charge in [-0.25, -0.2) is 0 Å². The minimum atomic E-state index is -0.0482. The van der Waals surface area contributed by atoms with Crippen molar-refractivity contribution in [2.75, 3.05) is 13.6 Å². The highest BCUT2D eigenvalue weighted by Crippen LogP contribution is 2.15. The minimum Gasteiger partial charge on any atom is -0.346 e. The van der Waals surface area contributed by atoms with Crippen molar-refractivity contribution in [1.29, 1.82) is 0 Å². The molecular formula is C18H24N2O2. The van der Waals surface area contributed by atoms with Gasteiger partial charge in [0.1, 0.15) is 0 Å². The van der Waals surface area contributed by atoms with Gasteiger partial charge in [0.05, 0.1) is 0 Å². The van der Waals surface area contributed by atoms with E-state index in [1.165, 1.54) is 0 Å². The molecule has 0 unspecified atom stereocenters. The molecule has 0 spiro atoms. The largest absolute Gasteiger partial charge is 0.346 e. The highest BCUT2D eigenvalue weighted by Gasteiger charge is 2.08. The highest BCUT2D eigenvalue weighted by molar-refractivity contribution is 5.80. The van der Waals surface area contributed by atoms with E-state index >= 15 is 0 Å². The maximum absolute atomic E-state index is 12.1. The van der Waals surface area contributed by atoms with Gasteiger partial charge in [0.25, 0.3) is 5.56 Å². The van der Waals surface area contributed by atoms with Crippen molar-refractivity contribution in [1.82, 2.24) is 9.88 Å². The SMILES string of the molecule is CCCCN(C)C(=O)CCc1ccc2[nH]c(=O)c(C)cc2c1. The van der Waals surface area contributed by atoms with E-state index in [4.69, 9.17) is 0 Å². The molecule has 1 amide bonds. The third-order valence-electron chi connectivity index (χ3n) is 3.99. The van der Waals surface area contributed by atoms with E-state index < -0.39 is 0 Å².